The molecule has 1 amide bonds. The maximum atomic E-state index is 11.6. The molecule has 16 heavy (non-hydrogen) atoms. The van der Waals surface area contributed by atoms with E-state index >= 15 is 0 Å². The summed E-state index contributed by atoms with van der Waals surface area (Å²) in [5.41, 5.74) is 5.61. The Hall–Kier alpha value is -1.34. The van der Waals surface area contributed by atoms with Gasteiger partial charge in [0.25, 0.3) is 5.91 Å². The van der Waals surface area contributed by atoms with Gasteiger partial charge in [-0.25, -0.2) is 4.98 Å². The molecule has 1 rings (SSSR count). The minimum absolute atomic E-state index is 0.141. The molecule has 0 fully saturated rings. The first-order valence-corrected chi connectivity index (χ1v) is 5.83. The molecule has 0 unspecified atom stereocenters. The molecule has 1 heterocycles. The molecule has 0 bridgehead atoms. The van der Waals surface area contributed by atoms with Crippen LogP contribution in [-0.4, -0.2) is 36.2 Å². The fourth-order valence-electron chi connectivity index (χ4n) is 1.12. The third kappa shape index (κ3) is 3.35. The number of hydrogen-bond donors (Lipinski definition) is 4. The highest BCUT2D eigenvalue weighted by molar-refractivity contribution is 7.18. The Balaban J connectivity index is 2.49. The lowest BCUT2D eigenvalue weighted by molar-refractivity contribution is 0.0957. The van der Waals surface area contributed by atoms with E-state index in [9.17, 15) is 4.79 Å². The molecule has 0 atom stereocenters. The first-order chi connectivity index (χ1) is 7.69. The molecule has 0 radical (unpaired) electrons. The number of thiazole rings is 1. The fraction of sp³-hybridized carbons (Fsp3) is 0.556. The number of nitrogens with zero attached hydrogens (tertiary/aromatic N) is 1. The van der Waals surface area contributed by atoms with Crippen LogP contribution in [0.4, 0.5) is 10.9 Å². The minimum Gasteiger partial charge on any atom is -0.396 e. The first kappa shape index (κ1) is 12.7. The Bertz CT molecular complexity index is 353. The van der Waals surface area contributed by atoms with E-state index in [1.54, 1.807) is 7.05 Å². The number of carbonyl (C=O) groups is 1. The second kappa shape index (κ2) is 6.29. The van der Waals surface area contributed by atoms with Gasteiger partial charge in [-0.3, -0.25) is 4.79 Å². The number of aromatic nitrogens is 1. The predicted molar refractivity (Wildman–Crippen MR) is 64.7 cm³/mol. The molecule has 0 saturated heterocycles. The van der Waals surface area contributed by atoms with Gasteiger partial charge in [-0.15, -0.1) is 0 Å². The second-order valence-corrected chi connectivity index (χ2v) is 4.17. The summed E-state index contributed by atoms with van der Waals surface area (Å²) in [6.07, 6.45) is 1.43. The summed E-state index contributed by atoms with van der Waals surface area (Å²) in [7, 11) is 1.72. The molecule has 0 aliphatic rings. The molecular weight excluding hydrogens is 228 g/mol. The Labute approximate surface area is 97.9 Å². The van der Waals surface area contributed by atoms with Crippen molar-refractivity contribution in [3.05, 3.63) is 4.88 Å². The van der Waals surface area contributed by atoms with Crippen LogP contribution in [0.15, 0.2) is 0 Å². The molecule has 0 spiro atoms. The molecule has 0 aliphatic carbocycles. The van der Waals surface area contributed by atoms with E-state index in [2.05, 4.69) is 15.6 Å². The van der Waals surface area contributed by atoms with Gasteiger partial charge in [-0.2, -0.15) is 0 Å². The number of nitrogen functional groups attached to an aromatic ring is 1. The minimum atomic E-state index is -0.213. The first-order valence-electron chi connectivity index (χ1n) is 5.02. The summed E-state index contributed by atoms with van der Waals surface area (Å²) in [6.45, 7) is 0.675. The van der Waals surface area contributed by atoms with Crippen molar-refractivity contribution in [1.82, 2.24) is 10.3 Å². The number of aliphatic hydroxyl groups excluding tert-OH is 1. The Morgan fingerprint density at radius 1 is 1.56 bits per heavy atom. The molecule has 6 nitrogen and oxygen atoms in total. The highest BCUT2D eigenvalue weighted by Gasteiger charge is 2.14. The number of unbranched alkanes of at least 4 members (excludes halogenated alkanes) is 1. The summed E-state index contributed by atoms with van der Waals surface area (Å²) in [4.78, 5) is 16.1. The number of rotatable bonds is 6. The van der Waals surface area contributed by atoms with Crippen LogP contribution >= 0.6 is 11.3 Å². The molecule has 0 aromatic carbocycles. The van der Waals surface area contributed by atoms with E-state index in [0.29, 0.717) is 23.0 Å². The number of hydrogen-bond acceptors (Lipinski definition) is 6. The Kier molecular flexibility index (Phi) is 5.00. The lowest BCUT2D eigenvalue weighted by Crippen LogP contribution is -2.24. The highest BCUT2D eigenvalue weighted by Crippen LogP contribution is 2.23. The summed E-state index contributed by atoms with van der Waals surface area (Å²) < 4.78 is 0. The lowest BCUT2D eigenvalue weighted by Gasteiger charge is -2.02. The summed E-state index contributed by atoms with van der Waals surface area (Å²) in [6, 6.07) is 0. The Morgan fingerprint density at radius 2 is 2.31 bits per heavy atom. The number of nitrogens with two attached hydrogens (primary N) is 1. The normalized spacial score (nSPS) is 10.1. The standard InChI is InChI=1S/C9H16N4O2S/c1-11-9-13-7(10)6(16-9)8(15)12-4-2-3-5-14/h14H,2-5,10H2,1H3,(H,11,13)(H,12,15). The van der Waals surface area contributed by atoms with E-state index in [1.807, 2.05) is 0 Å². The molecular formula is C9H16N4O2S. The zero-order valence-electron chi connectivity index (χ0n) is 9.12. The number of nitrogens with one attached hydrogen (secondary N) is 2. The van der Waals surface area contributed by atoms with Crippen LogP contribution in [0.3, 0.4) is 0 Å². The average Bonchev–Trinajstić information content (AvgIpc) is 2.66. The van der Waals surface area contributed by atoms with Gasteiger partial charge in [0.15, 0.2) is 5.13 Å². The Morgan fingerprint density at radius 3 is 2.88 bits per heavy atom. The van der Waals surface area contributed by atoms with E-state index in [1.165, 1.54) is 11.3 Å². The topological polar surface area (TPSA) is 100 Å². The maximum absolute atomic E-state index is 11.6. The molecule has 5 N–H and O–H groups in total. The van der Waals surface area contributed by atoms with Crippen molar-refractivity contribution in [3.8, 4) is 0 Å². The third-order valence-electron chi connectivity index (χ3n) is 1.94. The van der Waals surface area contributed by atoms with Crippen LogP contribution in [0, 0.1) is 0 Å². The predicted octanol–water partition coefficient (Wildman–Crippen LogP) is 0.269. The quantitative estimate of drug-likeness (QED) is 0.538. The van der Waals surface area contributed by atoms with Crippen molar-refractivity contribution in [1.29, 1.82) is 0 Å². The summed E-state index contributed by atoms with van der Waals surface area (Å²) in [5.74, 6) is 0.0310. The number of anilines is 2. The second-order valence-electron chi connectivity index (χ2n) is 3.17. The maximum Gasteiger partial charge on any atom is 0.265 e. The summed E-state index contributed by atoms with van der Waals surface area (Å²) in [5, 5.41) is 14.8. The van der Waals surface area contributed by atoms with Gasteiger partial charge in [0.05, 0.1) is 0 Å². The van der Waals surface area contributed by atoms with Gasteiger partial charge in [-0.1, -0.05) is 11.3 Å². The van der Waals surface area contributed by atoms with Crippen LogP contribution in [-0.2, 0) is 0 Å². The molecule has 1 aromatic heterocycles. The van der Waals surface area contributed by atoms with Crippen LogP contribution in [0.25, 0.3) is 0 Å². The van der Waals surface area contributed by atoms with Crippen molar-refractivity contribution < 1.29 is 9.90 Å². The van der Waals surface area contributed by atoms with Gasteiger partial charge < -0.3 is 21.5 Å². The summed E-state index contributed by atoms with van der Waals surface area (Å²) >= 11 is 1.22. The largest absolute Gasteiger partial charge is 0.396 e. The highest BCUT2D eigenvalue weighted by atomic mass is 32.1. The van der Waals surface area contributed by atoms with E-state index in [4.69, 9.17) is 10.8 Å². The molecule has 1 aromatic rings. The average molecular weight is 244 g/mol. The van der Waals surface area contributed by atoms with Crippen LogP contribution in [0.2, 0.25) is 0 Å². The lowest BCUT2D eigenvalue weighted by atomic mass is 10.3. The van der Waals surface area contributed by atoms with Crippen molar-refractivity contribution in [2.45, 2.75) is 12.8 Å². The monoisotopic (exact) mass is 244 g/mol. The smallest absolute Gasteiger partial charge is 0.265 e. The molecule has 0 saturated carbocycles. The number of carbonyl (C=O) groups excluding carboxylic acids is 1. The molecule has 7 heteroatoms. The number of aliphatic hydroxyl groups is 1. The molecule has 0 aliphatic heterocycles. The van der Waals surface area contributed by atoms with Crippen LogP contribution in [0.1, 0.15) is 22.5 Å². The zero-order chi connectivity index (χ0) is 12.0. The van der Waals surface area contributed by atoms with Crippen molar-refractivity contribution in [3.63, 3.8) is 0 Å². The van der Waals surface area contributed by atoms with Crippen molar-refractivity contribution in [2.75, 3.05) is 31.2 Å². The van der Waals surface area contributed by atoms with E-state index in [0.717, 1.165) is 6.42 Å². The van der Waals surface area contributed by atoms with Crippen molar-refractivity contribution >= 4 is 28.2 Å². The van der Waals surface area contributed by atoms with Gasteiger partial charge in [0.1, 0.15) is 10.7 Å². The van der Waals surface area contributed by atoms with Crippen LogP contribution < -0.4 is 16.4 Å². The number of amides is 1. The van der Waals surface area contributed by atoms with E-state index in [-0.39, 0.29) is 18.3 Å². The SMILES string of the molecule is CNc1nc(N)c(C(=O)NCCCCO)s1. The molecule has 90 valence electrons. The van der Waals surface area contributed by atoms with Gasteiger partial charge in [0, 0.05) is 20.2 Å². The fourth-order valence-corrected chi connectivity index (χ4v) is 1.88. The van der Waals surface area contributed by atoms with Gasteiger partial charge in [-0.05, 0) is 12.8 Å². The van der Waals surface area contributed by atoms with Gasteiger partial charge in [0.2, 0.25) is 0 Å². The zero-order valence-corrected chi connectivity index (χ0v) is 9.93. The van der Waals surface area contributed by atoms with Gasteiger partial charge >= 0.3 is 0 Å². The third-order valence-corrected chi connectivity index (χ3v) is 3.03. The van der Waals surface area contributed by atoms with Crippen molar-refractivity contribution in [2.24, 2.45) is 0 Å². The van der Waals surface area contributed by atoms with E-state index < -0.39 is 0 Å². The van der Waals surface area contributed by atoms with Crippen LogP contribution in [0.5, 0.6) is 0 Å².